The van der Waals surface area contributed by atoms with Crippen molar-refractivity contribution in [3.8, 4) is 0 Å². The zero-order chi connectivity index (χ0) is 10.8. The zero-order valence-corrected chi connectivity index (χ0v) is 11.0. The number of nitrogens with zero attached hydrogens (tertiary/aromatic N) is 2. The monoisotopic (exact) mass is 288 g/mol. The fraction of sp³-hybridized carbons (Fsp3) is 0.545. The molecule has 0 radical (unpaired) electrons. The highest BCUT2D eigenvalue weighted by atomic mass is 79.9. The van der Waals surface area contributed by atoms with Gasteiger partial charge in [0, 0.05) is 29.8 Å². The third-order valence-electron chi connectivity index (χ3n) is 2.95. The molecule has 2 unspecified atom stereocenters. The summed E-state index contributed by atoms with van der Waals surface area (Å²) in [5.41, 5.74) is 1.10. The third-order valence-corrected chi connectivity index (χ3v) is 4.47. The van der Waals surface area contributed by atoms with E-state index in [-0.39, 0.29) is 0 Å². The van der Waals surface area contributed by atoms with E-state index in [1.807, 2.05) is 6.07 Å². The second kappa shape index (κ2) is 4.71. The smallest absolute Gasteiger partial charge is 0.0822 e. The van der Waals surface area contributed by atoms with Crippen molar-refractivity contribution in [2.45, 2.75) is 30.6 Å². The summed E-state index contributed by atoms with van der Waals surface area (Å²) < 4.78 is 0. The van der Waals surface area contributed by atoms with E-state index < -0.39 is 0 Å². The predicted molar refractivity (Wildman–Crippen MR) is 68.0 cm³/mol. The number of hydrogen-bond donors (Lipinski definition) is 0. The van der Waals surface area contributed by atoms with Crippen molar-refractivity contribution in [2.75, 3.05) is 11.4 Å². The van der Waals surface area contributed by atoms with Gasteiger partial charge in [0.25, 0.3) is 0 Å². The largest absolute Gasteiger partial charge is 0.366 e. The van der Waals surface area contributed by atoms with Crippen LogP contribution in [0.2, 0.25) is 5.02 Å². The van der Waals surface area contributed by atoms with Crippen LogP contribution in [0.1, 0.15) is 19.8 Å². The van der Waals surface area contributed by atoms with E-state index >= 15 is 0 Å². The molecule has 1 aliphatic heterocycles. The van der Waals surface area contributed by atoms with Gasteiger partial charge in [0.2, 0.25) is 0 Å². The van der Waals surface area contributed by atoms with Gasteiger partial charge in [-0.25, -0.2) is 0 Å². The average molecular weight is 290 g/mol. The highest BCUT2D eigenvalue weighted by molar-refractivity contribution is 9.09. The van der Waals surface area contributed by atoms with Crippen LogP contribution in [0.4, 0.5) is 5.69 Å². The number of rotatable bonds is 1. The predicted octanol–water partition coefficient (Wildman–Crippen LogP) is 3.49. The molecule has 1 aromatic rings. The SMILES string of the molecule is CC1C(Br)CCCN1c1ccncc1Cl. The van der Waals surface area contributed by atoms with Crippen LogP contribution in [-0.2, 0) is 0 Å². The van der Waals surface area contributed by atoms with Crippen LogP contribution >= 0.6 is 27.5 Å². The van der Waals surface area contributed by atoms with Gasteiger partial charge in [-0.3, -0.25) is 4.98 Å². The number of pyridine rings is 1. The van der Waals surface area contributed by atoms with Crippen LogP contribution in [0, 0.1) is 0 Å². The van der Waals surface area contributed by atoms with E-state index in [1.165, 1.54) is 12.8 Å². The molecule has 2 rings (SSSR count). The van der Waals surface area contributed by atoms with E-state index in [1.54, 1.807) is 12.4 Å². The Kier molecular flexibility index (Phi) is 3.52. The van der Waals surface area contributed by atoms with Gasteiger partial charge in [-0.1, -0.05) is 27.5 Å². The van der Waals surface area contributed by atoms with Crippen molar-refractivity contribution >= 4 is 33.2 Å². The van der Waals surface area contributed by atoms with Gasteiger partial charge in [-0.05, 0) is 25.8 Å². The summed E-state index contributed by atoms with van der Waals surface area (Å²) in [5.74, 6) is 0. The van der Waals surface area contributed by atoms with Gasteiger partial charge in [-0.15, -0.1) is 0 Å². The molecule has 82 valence electrons. The number of alkyl halides is 1. The lowest BCUT2D eigenvalue weighted by Crippen LogP contribution is -2.44. The Bertz CT molecular complexity index is 345. The van der Waals surface area contributed by atoms with Crippen molar-refractivity contribution in [3.05, 3.63) is 23.5 Å². The van der Waals surface area contributed by atoms with E-state index in [2.05, 4.69) is 32.7 Å². The summed E-state index contributed by atoms with van der Waals surface area (Å²) in [4.78, 5) is 6.92. The van der Waals surface area contributed by atoms with Gasteiger partial charge in [0.15, 0.2) is 0 Å². The Morgan fingerprint density at radius 3 is 3.13 bits per heavy atom. The lowest BCUT2D eigenvalue weighted by molar-refractivity contribution is 0.503. The van der Waals surface area contributed by atoms with Crippen LogP contribution < -0.4 is 4.90 Å². The molecule has 0 amide bonds. The quantitative estimate of drug-likeness (QED) is 0.736. The molecule has 2 nitrogen and oxygen atoms in total. The number of aromatic nitrogens is 1. The van der Waals surface area contributed by atoms with Crippen LogP contribution in [0.3, 0.4) is 0 Å². The van der Waals surface area contributed by atoms with Crippen molar-refractivity contribution in [2.24, 2.45) is 0 Å². The number of piperidine rings is 1. The first kappa shape index (κ1) is 11.2. The normalized spacial score (nSPS) is 26.7. The van der Waals surface area contributed by atoms with Crippen molar-refractivity contribution in [3.63, 3.8) is 0 Å². The Labute approximate surface area is 104 Å². The molecule has 0 aliphatic carbocycles. The summed E-state index contributed by atoms with van der Waals surface area (Å²) >= 11 is 9.87. The second-order valence-electron chi connectivity index (χ2n) is 3.92. The molecule has 0 aromatic carbocycles. The Morgan fingerprint density at radius 2 is 2.40 bits per heavy atom. The summed E-state index contributed by atoms with van der Waals surface area (Å²) in [6, 6.07) is 2.47. The molecule has 0 bridgehead atoms. The summed E-state index contributed by atoms with van der Waals surface area (Å²) in [6.45, 7) is 3.31. The first-order valence-electron chi connectivity index (χ1n) is 5.20. The van der Waals surface area contributed by atoms with Gasteiger partial charge in [0.1, 0.15) is 0 Å². The molecule has 1 aromatic heterocycles. The molecule has 0 spiro atoms. The molecule has 0 N–H and O–H groups in total. The van der Waals surface area contributed by atoms with E-state index in [0.717, 1.165) is 17.3 Å². The summed E-state index contributed by atoms with van der Waals surface area (Å²) in [5, 5.41) is 0.742. The fourth-order valence-corrected chi connectivity index (χ4v) is 2.87. The topological polar surface area (TPSA) is 16.1 Å². The van der Waals surface area contributed by atoms with Gasteiger partial charge in [0.05, 0.1) is 10.7 Å². The fourth-order valence-electron chi connectivity index (χ4n) is 2.04. The molecule has 0 saturated carbocycles. The molecule has 1 saturated heterocycles. The molecule has 1 fully saturated rings. The lowest BCUT2D eigenvalue weighted by Gasteiger charge is -2.39. The third kappa shape index (κ3) is 2.28. The van der Waals surface area contributed by atoms with Gasteiger partial charge < -0.3 is 4.90 Å². The highest BCUT2D eigenvalue weighted by Gasteiger charge is 2.27. The molecular weight excluding hydrogens is 275 g/mol. The van der Waals surface area contributed by atoms with Crippen LogP contribution in [0.15, 0.2) is 18.5 Å². The minimum atomic E-state index is 0.485. The zero-order valence-electron chi connectivity index (χ0n) is 8.66. The lowest BCUT2D eigenvalue weighted by atomic mass is 10.0. The Morgan fingerprint density at radius 1 is 1.60 bits per heavy atom. The second-order valence-corrected chi connectivity index (χ2v) is 5.50. The van der Waals surface area contributed by atoms with Gasteiger partial charge >= 0.3 is 0 Å². The molecular formula is C11H14BrClN2. The average Bonchev–Trinajstić information content (AvgIpc) is 2.23. The van der Waals surface area contributed by atoms with Crippen molar-refractivity contribution in [1.29, 1.82) is 0 Å². The number of hydrogen-bond acceptors (Lipinski definition) is 2. The maximum Gasteiger partial charge on any atom is 0.0822 e. The van der Waals surface area contributed by atoms with Crippen LogP contribution in [-0.4, -0.2) is 22.4 Å². The molecule has 1 aliphatic rings. The van der Waals surface area contributed by atoms with Crippen molar-refractivity contribution in [1.82, 2.24) is 4.98 Å². The maximum atomic E-state index is 6.15. The Hall–Kier alpha value is -0.280. The minimum Gasteiger partial charge on any atom is -0.366 e. The van der Waals surface area contributed by atoms with E-state index in [4.69, 9.17) is 11.6 Å². The van der Waals surface area contributed by atoms with Gasteiger partial charge in [-0.2, -0.15) is 0 Å². The van der Waals surface area contributed by atoms with Crippen LogP contribution in [0.25, 0.3) is 0 Å². The molecule has 2 heterocycles. The molecule has 2 atom stereocenters. The number of halogens is 2. The van der Waals surface area contributed by atoms with E-state index in [9.17, 15) is 0 Å². The first-order valence-corrected chi connectivity index (χ1v) is 6.49. The Balaban J connectivity index is 2.26. The summed E-state index contributed by atoms with van der Waals surface area (Å²) in [6.07, 6.45) is 5.95. The minimum absolute atomic E-state index is 0.485. The maximum absolute atomic E-state index is 6.15. The highest BCUT2D eigenvalue weighted by Crippen LogP contribution is 2.32. The first-order chi connectivity index (χ1) is 7.20. The standard InChI is InChI=1S/C11H14BrClN2/c1-8-9(12)3-2-6-15(8)11-4-5-14-7-10(11)13/h4-5,7-9H,2-3,6H2,1H3. The van der Waals surface area contributed by atoms with Crippen molar-refractivity contribution < 1.29 is 0 Å². The number of anilines is 1. The molecule has 15 heavy (non-hydrogen) atoms. The summed E-state index contributed by atoms with van der Waals surface area (Å²) in [7, 11) is 0. The van der Waals surface area contributed by atoms with E-state index in [0.29, 0.717) is 10.9 Å². The van der Waals surface area contributed by atoms with Crippen LogP contribution in [0.5, 0.6) is 0 Å². The molecule has 4 heteroatoms.